The summed E-state index contributed by atoms with van der Waals surface area (Å²) in [4.78, 5) is 10.8. The van der Waals surface area contributed by atoms with Gasteiger partial charge in [0, 0.05) is 12.6 Å². The molecule has 0 unspecified atom stereocenters. The van der Waals surface area contributed by atoms with Crippen LogP contribution in [0, 0.1) is 17.0 Å². The van der Waals surface area contributed by atoms with E-state index in [0.717, 1.165) is 12.0 Å². The van der Waals surface area contributed by atoms with Crippen LogP contribution in [0.3, 0.4) is 0 Å². The fourth-order valence-corrected chi connectivity index (χ4v) is 2.28. The maximum Gasteiger partial charge on any atom is 0.280 e. The Morgan fingerprint density at radius 1 is 1.40 bits per heavy atom. The monoisotopic (exact) mass is 294 g/mol. The van der Waals surface area contributed by atoms with Crippen LogP contribution in [0.1, 0.15) is 24.7 Å². The Morgan fingerprint density at radius 2 is 2.15 bits per heavy atom. The molecule has 0 saturated heterocycles. The molecule has 0 spiro atoms. The van der Waals surface area contributed by atoms with Crippen molar-refractivity contribution in [2.75, 3.05) is 0 Å². The van der Waals surface area contributed by atoms with Gasteiger partial charge in [-0.2, -0.15) is 0 Å². The molecule has 0 aliphatic heterocycles. The van der Waals surface area contributed by atoms with Crippen molar-refractivity contribution < 1.29 is 4.92 Å². The molecule has 2 rings (SSSR count). The first-order valence-corrected chi connectivity index (χ1v) is 6.85. The van der Waals surface area contributed by atoms with Crippen LogP contribution in [0.2, 0.25) is 0 Å². The summed E-state index contributed by atoms with van der Waals surface area (Å²) in [5, 5.41) is 19.3. The summed E-state index contributed by atoms with van der Waals surface area (Å²) < 4.78 is 1.84. The van der Waals surface area contributed by atoms with Gasteiger partial charge >= 0.3 is 0 Å². The largest absolute Gasteiger partial charge is 0.310 e. The number of hydrogen-bond acceptors (Lipinski definition) is 4. The van der Waals surface area contributed by atoms with Gasteiger partial charge in [-0.05, 0) is 25.0 Å². The maximum atomic E-state index is 11.2. The molecule has 6 nitrogen and oxygen atoms in total. The van der Waals surface area contributed by atoms with Crippen LogP contribution in [0.4, 0.5) is 5.69 Å². The molecule has 1 aromatic heterocycles. The minimum atomic E-state index is -0.403. The van der Waals surface area contributed by atoms with E-state index in [1.165, 1.54) is 6.07 Å². The molecule has 106 valence electrons. The van der Waals surface area contributed by atoms with Gasteiger partial charge in [-0.1, -0.05) is 13.0 Å². The van der Waals surface area contributed by atoms with E-state index in [1.54, 1.807) is 12.1 Å². The first-order chi connectivity index (χ1) is 9.58. The lowest BCUT2D eigenvalue weighted by Gasteiger charge is -2.08. The van der Waals surface area contributed by atoms with Crippen molar-refractivity contribution in [1.82, 2.24) is 14.8 Å². The van der Waals surface area contributed by atoms with Gasteiger partial charge in [0.25, 0.3) is 5.69 Å². The van der Waals surface area contributed by atoms with Crippen molar-refractivity contribution in [3.05, 3.63) is 39.7 Å². The summed E-state index contributed by atoms with van der Waals surface area (Å²) in [6.07, 6.45) is 0.870. The van der Waals surface area contributed by atoms with Crippen molar-refractivity contribution >= 4 is 17.3 Å². The second-order valence-corrected chi connectivity index (χ2v) is 4.77. The van der Waals surface area contributed by atoms with Gasteiger partial charge in [0.1, 0.15) is 5.82 Å². The molecule has 0 amide bonds. The van der Waals surface area contributed by atoms with Crippen LogP contribution in [0.25, 0.3) is 11.4 Å². The van der Waals surface area contributed by atoms with Gasteiger partial charge in [0.2, 0.25) is 0 Å². The van der Waals surface area contributed by atoms with E-state index in [1.807, 2.05) is 18.4 Å². The summed E-state index contributed by atoms with van der Waals surface area (Å²) in [7, 11) is 0. The number of hydrogen-bond donors (Lipinski definition) is 0. The molecule has 0 atom stereocenters. The van der Waals surface area contributed by atoms with Crippen molar-refractivity contribution in [3.8, 4) is 11.4 Å². The maximum absolute atomic E-state index is 11.2. The zero-order chi connectivity index (χ0) is 14.7. The number of halogens is 1. The van der Waals surface area contributed by atoms with E-state index in [4.69, 9.17) is 11.6 Å². The molecule has 0 radical (unpaired) electrons. The predicted molar refractivity (Wildman–Crippen MR) is 76.7 cm³/mol. The number of nitro groups is 1. The van der Waals surface area contributed by atoms with Crippen LogP contribution >= 0.6 is 11.6 Å². The Hall–Kier alpha value is -1.95. The Labute approximate surface area is 121 Å². The Kier molecular flexibility index (Phi) is 4.34. The molecule has 0 aliphatic carbocycles. The average molecular weight is 295 g/mol. The molecule has 7 heteroatoms. The van der Waals surface area contributed by atoms with Crippen molar-refractivity contribution in [3.63, 3.8) is 0 Å². The molecule has 20 heavy (non-hydrogen) atoms. The van der Waals surface area contributed by atoms with Crippen LogP contribution in [0.15, 0.2) is 18.2 Å². The first-order valence-electron chi connectivity index (χ1n) is 6.32. The molecular formula is C13H15ClN4O2. The number of alkyl halides is 1. The fourth-order valence-electron chi connectivity index (χ4n) is 2.08. The minimum Gasteiger partial charge on any atom is -0.310 e. The van der Waals surface area contributed by atoms with E-state index < -0.39 is 4.92 Å². The number of nitro benzene ring substituents is 1. The number of aromatic nitrogens is 3. The molecule has 1 aromatic carbocycles. The second kappa shape index (κ2) is 6.00. The van der Waals surface area contributed by atoms with Crippen molar-refractivity contribution in [1.29, 1.82) is 0 Å². The lowest BCUT2D eigenvalue weighted by molar-refractivity contribution is -0.384. The summed E-state index contributed by atoms with van der Waals surface area (Å²) in [5.74, 6) is 1.35. The third kappa shape index (κ3) is 2.65. The summed E-state index contributed by atoms with van der Waals surface area (Å²) >= 11 is 5.84. The second-order valence-electron chi connectivity index (χ2n) is 4.50. The Morgan fingerprint density at radius 3 is 2.75 bits per heavy atom. The fraction of sp³-hybridized carbons (Fsp3) is 0.385. The topological polar surface area (TPSA) is 73.8 Å². The SMILES string of the molecule is CCCn1c(CCl)nnc1-c1cc(C)ccc1[N+](=O)[O-]. The number of aryl methyl sites for hydroxylation is 1. The van der Waals surface area contributed by atoms with Crippen LogP contribution in [-0.2, 0) is 12.4 Å². The zero-order valence-corrected chi connectivity index (χ0v) is 12.1. The Bertz CT molecular complexity index is 639. The molecule has 0 N–H and O–H groups in total. The molecule has 2 aromatic rings. The highest BCUT2D eigenvalue weighted by Crippen LogP contribution is 2.30. The van der Waals surface area contributed by atoms with Crippen LogP contribution in [-0.4, -0.2) is 19.7 Å². The molecular weight excluding hydrogens is 280 g/mol. The lowest BCUT2D eigenvalue weighted by Crippen LogP contribution is -2.05. The highest BCUT2D eigenvalue weighted by Gasteiger charge is 2.21. The number of rotatable bonds is 5. The zero-order valence-electron chi connectivity index (χ0n) is 11.3. The summed E-state index contributed by atoms with van der Waals surface area (Å²) in [6.45, 7) is 4.58. The average Bonchev–Trinajstić information content (AvgIpc) is 2.81. The summed E-state index contributed by atoms with van der Waals surface area (Å²) in [5.41, 5.74) is 1.44. The highest BCUT2D eigenvalue weighted by atomic mass is 35.5. The van der Waals surface area contributed by atoms with Crippen LogP contribution < -0.4 is 0 Å². The molecule has 0 aliphatic rings. The number of nitrogens with zero attached hydrogens (tertiary/aromatic N) is 4. The van der Waals surface area contributed by atoms with E-state index in [-0.39, 0.29) is 11.6 Å². The van der Waals surface area contributed by atoms with Gasteiger partial charge < -0.3 is 4.57 Å². The third-order valence-electron chi connectivity index (χ3n) is 2.98. The number of benzene rings is 1. The quantitative estimate of drug-likeness (QED) is 0.482. The van der Waals surface area contributed by atoms with Gasteiger partial charge in [0.15, 0.2) is 5.82 Å². The third-order valence-corrected chi connectivity index (χ3v) is 3.22. The van der Waals surface area contributed by atoms with Gasteiger partial charge in [-0.25, -0.2) is 0 Å². The Balaban J connectivity index is 2.64. The van der Waals surface area contributed by atoms with Gasteiger partial charge in [-0.3, -0.25) is 10.1 Å². The molecule has 0 fully saturated rings. The smallest absolute Gasteiger partial charge is 0.280 e. The first kappa shape index (κ1) is 14.5. The molecule has 1 heterocycles. The van der Waals surface area contributed by atoms with Crippen LogP contribution in [0.5, 0.6) is 0 Å². The van der Waals surface area contributed by atoms with Gasteiger partial charge in [-0.15, -0.1) is 21.8 Å². The van der Waals surface area contributed by atoms with E-state index >= 15 is 0 Å². The molecule has 0 bridgehead atoms. The predicted octanol–water partition coefficient (Wildman–Crippen LogP) is 3.31. The standard InChI is InChI=1S/C13H15ClN4O2/c1-3-6-17-12(8-14)15-16-13(17)10-7-9(2)4-5-11(10)18(19)20/h4-5,7H,3,6,8H2,1-2H3. The van der Waals surface area contributed by atoms with Gasteiger partial charge in [0.05, 0.1) is 16.4 Å². The van der Waals surface area contributed by atoms with E-state index in [0.29, 0.717) is 23.8 Å². The molecule has 0 saturated carbocycles. The van der Waals surface area contributed by atoms with E-state index in [9.17, 15) is 10.1 Å². The van der Waals surface area contributed by atoms with E-state index in [2.05, 4.69) is 10.2 Å². The normalized spacial score (nSPS) is 10.8. The highest BCUT2D eigenvalue weighted by molar-refractivity contribution is 6.16. The van der Waals surface area contributed by atoms with Crippen molar-refractivity contribution in [2.45, 2.75) is 32.7 Å². The lowest BCUT2D eigenvalue weighted by atomic mass is 10.1. The summed E-state index contributed by atoms with van der Waals surface area (Å²) in [6, 6.07) is 4.97. The van der Waals surface area contributed by atoms with Crippen molar-refractivity contribution in [2.24, 2.45) is 0 Å². The minimum absolute atomic E-state index is 0.0291.